The molecule has 0 aliphatic heterocycles. The van der Waals surface area contributed by atoms with Crippen molar-refractivity contribution in [2.45, 2.75) is 39.8 Å². The van der Waals surface area contributed by atoms with E-state index in [0.29, 0.717) is 0 Å². The number of ether oxygens (including phenoxy) is 1. The van der Waals surface area contributed by atoms with Crippen LogP contribution in [0.4, 0.5) is 5.69 Å². The van der Waals surface area contributed by atoms with Crippen LogP contribution in [0, 0.1) is 13.8 Å². The lowest BCUT2D eigenvalue weighted by molar-refractivity contribution is -0.118. The zero-order valence-electron chi connectivity index (χ0n) is 11.7. The van der Waals surface area contributed by atoms with E-state index < -0.39 is 6.04 Å². The lowest BCUT2D eigenvalue weighted by atomic mass is 10.2. The number of aromatic nitrogens is 2. The minimum absolute atomic E-state index is 0.197. The highest BCUT2D eigenvalue weighted by molar-refractivity contribution is 5.95. The summed E-state index contributed by atoms with van der Waals surface area (Å²) in [5, 5.41) is 7.21. The molecule has 6 heteroatoms. The molecule has 3 N–H and O–H groups in total. The molecular weight excluding hydrogens is 232 g/mol. The van der Waals surface area contributed by atoms with Gasteiger partial charge in [0, 0.05) is 13.2 Å². The van der Waals surface area contributed by atoms with Gasteiger partial charge in [0.1, 0.15) is 6.04 Å². The van der Waals surface area contributed by atoms with Crippen LogP contribution in [-0.2, 0) is 9.53 Å². The van der Waals surface area contributed by atoms with Gasteiger partial charge in [-0.1, -0.05) is 0 Å². The summed E-state index contributed by atoms with van der Waals surface area (Å²) in [5.41, 5.74) is 8.14. The smallest absolute Gasteiger partial charge is 0.243 e. The van der Waals surface area contributed by atoms with Crippen LogP contribution in [0.3, 0.4) is 0 Å². The summed E-state index contributed by atoms with van der Waals surface area (Å²) in [4.78, 5) is 11.8. The highest BCUT2D eigenvalue weighted by atomic mass is 16.5. The molecule has 0 aliphatic rings. The van der Waals surface area contributed by atoms with Crippen molar-refractivity contribution in [3.05, 3.63) is 11.4 Å². The van der Waals surface area contributed by atoms with E-state index in [4.69, 9.17) is 10.5 Å². The van der Waals surface area contributed by atoms with Crippen molar-refractivity contribution in [3.63, 3.8) is 0 Å². The first-order chi connectivity index (χ1) is 8.38. The second-order valence-corrected chi connectivity index (χ2v) is 4.64. The van der Waals surface area contributed by atoms with Crippen LogP contribution in [-0.4, -0.2) is 35.4 Å². The number of carbonyl (C=O) groups is 1. The highest BCUT2D eigenvalue weighted by Gasteiger charge is 2.19. The summed E-state index contributed by atoms with van der Waals surface area (Å²) >= 11 is 0. The number of rotatable bonds is 5. The number of nitrogens with zero attached hydrogens (tertiary/aromatic N) is 2. The van der Waals surface area contributed by atoms with Gasteiger partial charge in [-0.05, 0) is 27.7 Å². The molecule has 6 nitrogen and oxygen atoms in total. The van der Waals surface area contributed by atoms with E-state index in [2.05, 4.69) is 10.4 Å². The van der Waals surface area contributed by atoms with Gasteiger partial charge in [-0.2, -0.15) is 5.10 Å². The summed E-state index contributed by atoms with van der Waals surface area (Å²) in [5.74, 6) is -0.258. The van der Waals surface area contributed by atoms with E-state index >= 15 is 0 Å². The van der Waals surface area contributed by atoms with Crippen molar-refractivity contribution in [1.82, 2.24) is 9.78 Å². The Bertz CT molecular complexity index is 426. The molecule has 102 valence electrons. The minimum Gasteiger partial charge on any atom is -0.383 e. The fourth-order valence-corrected chi connectivity index (χ4v) is 1.82. The Labute approximate surface area is 107 Å². The first kappa shape index (κ1) is 14.7. The van der Waals surface area contributed by atoms with Crippen LogP contribution < -0.4 is 11.1 Å². The Morgan fingerprint density at radius 1 is 1.50 bits per heavy atom. The Hall–Kier alpha value is -1.40. The number of methoxy groups -OCH3 is 1. The Morgan fingerprint density at radius 2 is 2.11 bits per heavy atom. The molecule has 0 spiro atoms. The fourth-order valence-electron chi connectivity index (χ4n) is 1.82. The Morgan fingerprint density at radius 3 is 2.56 bits per heavy atom. The molecule has 1 unspecified atom stereocenters. The number of anilines is 1. The SMILES string of the molecule is COCC(N)C(=O)Nc1c(C)nn(C(C)C)c1C. The number of carbonyl (C=O) groups excluding carboxylic acids is 1. The Kier molecular flexibility index (Phi) is 4.86. The molecule has 1 rings (SSSR count). The predicted octanol–water partition coefficient (Wildman–Crippen LogP) is 0.993. The van der Waals surface area contributed by atoms with E-state index in [1.807, 2.05) is 32.4 Å². The molecular formula is C12H22N4O2. The molecule has 0 saturated carbocycles. The maximum absolute atomic E-state index is 11.8. The van der Waals surface area contributed by atoms with Gasteiger partial charge in [0.15, 0.2) is 0 Å². The number of hydrogen-bond donors (Lipinski definition) is 2. The number of aryl methyl sites for hydroxylation is 1. The van der Waals surface area contributed by atoms with Crippen molar-refractivity contribution in [3.8, 4) is 0 Å². The molecule has 1 aromatic rings. The van der Waals surface area contributed by atoms with Gasteiger partial charge in [-0.15, -0.1) is 0 Å². The zero-order valence-corrected chi connectivity index (χ0v) is 11.7. The summed E-state index contributed by atoms with van der Waals surface area (Å²) in [6.45, 7) is 8.08. The van der Waals surface area contributed by atoms with E-state index in [0.717, 1.165) is 17.1 Å². The normalized spacial score (nSPS) is 12.8. The maximum atomic E-state index is 11.8. The zero-order chi connectivity index (χ0) is 13.9. The van der Waals surface area contributed by atoms with E-state index in [-0.39, 0.29) is 18.6 Å². The number of amides is 1. The molecule has 0 radical (unpaired) electrons. The topological polar surface area (TPSA) is 82.2 Å². The van der Waals surface area contributed by atoms with E-state index in [1.165, 1.54) is 7.11 Å². The van der Waals surface area contributed by atoms with E-state index in [1.54, 1.807) is 0 Å². The number of nitrogens with two attached hydrogens (primary N) is 1. The second-order valence-electron chi connectivity index (χ2n) is 4.64. The summed E-state index contributed by atoms with van der Waals surface area (Å²) in [6, 6.07) is -0.418. The van der Waals surface area contributed by atoms with Crippen LogP contribution in [0.25, 0.3) is 0 Å². The summed E-state index contributed by atoms with van der Waals surface area (Å²) in [7, 11) is 1.51. The van der Waals surface area contributed by atoms with Crippen LogP contribution >= 0.6 is 0 Å². The molecule has 0 bridgehead atoms. The van der Waals surface area contributed by atoms with Gasteiger partial charge >= 0.3 is 0 Å². The average molecular weight is 254 g/mol. The van der Waals surface area contributed by atoms with Gasteiger partial charge < -0.3 is 15.8 Å². The van der Waals surface area contributed by atoms with Crippen molar-refractivity contribution < 1.29 is 9.53 Å². The predicted molar refractivity (Wildman–Crippen MR) is 70.6 cm³/mol. The third-order valence-electron chi connectivity index (χ3n) is 2.75. The van der Waals surface area contributed by atoms with Crippen molar-refractivity contribution >= 4 is 11.6 Å². The van der Waals surface area contributed by atoms with Crippen LogP contribution in [0.5, 0.6) is 0 Å². The fraction of sp³-hybridized carbons (Fsp3) is 0.667. The third kappa shape index (κ3) is 3.08. The molecule has 0 fully saturated rings. The maximum Gasteiger partial charge on any atom is 0.243 e. The number of nitrogens with one attached hydrogen (secondary N) is 1. The molecule has 1 heterocycles. The number of hydrogen-bond acceptors (Lipinski definition) is 4. The first-order valence-corrected chi connectivity index (χ1v) is 5.99. The third-order valence-corrected chi connectivity index (χ3v) is 2.75. The molecule has 0 aromatic carbocycles. The van der Waals surface area contributed by atoms with Gasteiger partial charge in [0.05, 0.1) is 23.7 Å². The van der Waals surface area contributed by atoms with Gasteiger partial charge in [0.2, 0.25) is 5.91 Å². The summed E-state index contributed by atoms with van der Waals surface area (Å²) < 4.78 is 6.74. The largest absolute Gasteiger partial charge is 0.383 e. The second kappa shape index (κ2) is 5.97. The average Bonchev–Trinajstić information content (AvgIpc) is 2.57. The van der Waals surface area contributed by atoms with Crippen molar-refractivity contribution in [1.29, 1.82) is 0 Å². The lowest BCUT2D eigenvalue weighted by Gasteiger charge is -2.12. The Balaban J connectivity index is 2.88. The molecule has 0 aliphatic carbocycles. The molecule has 18 heavy (non-hydrogen) atoms. The minimum atomic E-state index is -0.670. The van der Waals surface area contributed by atoms with E-state index in [9.17, 15) is 4.79 Å². The molecule has 0 saturated heterocycles. The first-order valence-electron chi connectivity index (χ1n) is 5.99. The molecule has 1 atom stereocenters. The van der Waals surface area contributed by atoms with Gasteiger partial charge in [0.25, 0.3) is 0 Å². The van der Waals surface area contributed by atoms with Crippen molar-refractivity contribution in [2.24, 2.45) is 5.73 Å². The lowest BCUT2D eigenvalue weighted by Crippen LogP contribution is -2.39. The van der Waals surface area contributed by atoms with Crippen LogP contribution in [0.15, 0.2) is 0 Å². The standard InChI is InChI=1S/C12H22N4O2/c1-7(2)16-9(4)11(8(3)15-16)14-12(17)10(13)6-18-5/h7,10H,6,13H2,1-5H3,(H,14,17). The highest BCUT2D eigenvalue weighted by Crippen LogP contribution is 2.22. The molecule has 1 amide bonds. The van der Waals surface area contributed by atoms with Gasteiger partial charge in [-0.3, -0.25) is 9.48 Å². The molecule has 1 aromatic heterocycles. The quantitative estimate of drug-likeness (QED) is 0.821. The van der Waals surface area contributed by atoms with Gasteiger partial charge in [-0.25, -0.2) is 0 Å². The summed E-state index contributed by atoms with van der Waals surface area (Å²) in [6.07, 6.45) is 0. The van der Waals surface area contributed by atoms with Crippen LogP contribution in [0.2, 0.25) is 0 Å². The monoisotopic (exact) mass is 254 g/mol. The van der Waals surface area contributed by atoms with Crippen LogP contribution in [0.1, 0.15) is 31.3 Å². The van der Waals surface area contributed by atoms with Crippen molar-refractivity contribution in [2.75, 3.05) is 19.0 Å².